The van der Waals surface area contributed by atoms with Crippen LogP contribution in [-0.2, 0) is 5.41 Å². The summed E-state index contributed by atoms with van der Waals surface area (Å²) in [5, 5.41) is 0. The molecule has 1 aliphatic rings. The van der Waals surface area contributed by atoms with E-state index in [0.29, 0.717) is 0 Å². The van der Waals surface area contributed by atoms with E-state index in [9.17, 15) is 0 Å². The van der Waals surface area contributed by atoms with Gasteiger partial charge in [-0.15, -0.1) is 0 Å². The summed E-state index contributed by atoms with van der Waals surface area (Å²) in [5.41, 5.74) is 11.2. The van der Waals surface area contributed by atoms with Gasteiger partial charge in [0, 0.05) is 29.2 Å². The van der Waals surface area contributed by atoms with Gasteiger partial charge in [0.2, 0.25) is 0 Å². The molecule has 6 rings (SSSR count). The first-order chi connectivity index (χ1) is 18.0. The van der Waals surface area contributed by atoms with E-state index in [-0.39, 0.29) is 5.41 Å². The topological polar surface area (TPSA) is 29.0 Å². The highest BCUT2D eigenvalue weighted by atomic mass is 15.1. The normalized spacial score (nSPS) is 12.6. The predicted octanol–water partition coefficient (Wildman–Crippen LogP) is 9.06. The van der Waals surface area contributed by atoms with Crippen molar-refractivity contribution in [3.8, 4) is 22.5 Å². The molecule has 3 heterocycles. The lowest BCUT2D eigenvalue weighted by molar-refractivity contribution is 0.589. The molecule has 1 aliphatic heterocycles. The highest BCUT2D eigenvalue weighted by Crippen LogP contribution is 2.44. The number of benzene rings is 3. The summed E-state index contributed by atoms with van der Waals surface area (Å²) in [6.45, 7) is 6.71. The third-order valence-corrected chi connectivity index (χ3v) is 6.88. The fourth-order valence-corrected chi connectivity index (χ4v) is 4.85. The molecule has 0 saturated heterocycles. The molecule has 0 N–H and O–H groups in total. The maximum absolute atomic E-state index is 4.73. The molecule has 0 saturated carbocycles. The molecular formula is C34H29N3. The van der Waals surface area contributed by atoms with Crippen LogP contribution in [-0.4, -0.2) is 9.97 Å². The molecule has 37 heavy (non-hydrogen) atoms. The van der Waals surface area contributed by atoms with Gasteiger partial charge in [0.15, 0.2) is 0 Å². The Bertz CT molecular complexity index is 1610. The number of hydrogen-bond donors (Lipinski definition) is 0. The van der Waals surface area contributed by atoms with Crippen molar-refractivity contribution in [2.75, 3.05) is 4.90 Å². The average molecular weight is 480 g/mol. The maximum Gasteiger partial charge on any atom is 0.0705 e. The number of pyridine rings is 2. The summed E-state index contributed by atoms with van der Waals surface area (Å²) in [6, 6.07) is 34.2. The van der Waals surface area contributed by atoms with E-state index in [2.05, 4.69) is 128 Å². The van der Waals surface area contributed by atoms with Crippen molar-refractivity contribution >= 4 is 29.2 Å². The first-order valence-corrected chi connectivity index (χ1v) is 12.7. The fraction of sp³-hybridized carbons (Fsp3) is 0.118. The summed E-state index contributed by atoms with van der Waals surface area (Å²) in [5.74, 6) is 0. The van der Waals surface area contributed by atoms with Crippen LogP contribution in [0.1, 0.15) is 37.5 Å². The largest absolute Gasteiger partial charge is 0.309 e. The predicted molar refractivity (Wildman–Crippen MR) is 155 cm³/mol. The molecule has 3 aromatic carbocycles. The standard InChI is InChI=1S/C34H29N3/c1-34(2,3)28-18-20-36-31(23-28)26-10-8-11-29(21-26)37-32-13-5-4-9-24(32)14-15-25-16-17-27(22-33(25)37)30-12-6-7-19-35-30/h4-23H,1-3H3. The maximum atomic E-state index is 4.73. The summed E-state index contributed by atoms with van der Waals surface area (Å²) in [7, 11) is 0. The van der Waals surface area contributed by atoms with E-state index in [1.807, 2.05) is 24.5 Å². The Hall–Kier alpha value is -4.50. The number of aromatic nitrogens is 2. The monoisotopic (exact) mass is 479 g/mol. The molecular weight excluding hydrogens is 450 g/mol. The highest BCUT2D eigenvalue weighted by Gasteiger charge is 2.21. The van der Waals surface area contributed by atoms with E-state index in [1.165, 1.54) is 11.1 Å². The molecule has 5 aromatic rings. The molecule has 180 valence electrons. The molecule has 3 nitrogen and oxygen atoms in total. The van der Waals surface area contributed by atoms with Crippen LogP contribution in [0.15, 0.2) is 109 Å². The number of fused-ring (bicyclic) bond motifs is 2. The molecule has 0 spiro atoms. The van der Waals surface area contributed by atoms with Gasteiger partial charge in [-0.3, -0.25) is 9.97 Å². The fourth-order valence-electron chi connectivity index (χ4n) is 4.85. The first kappa shape index (κ1) is 22.9. The van der Waals surface area contributed by atoms with Crippen LogP contribution in [0.3, 0.4) is 0 Å². The minimum Gasteiger partial charge on any atom is -0.309 e. The Morgan fingerprint density at radius 3 is 2.14 bits per heavy atom. The van der Waals surface area contributed by atoms with Crippen molar-refractivity contribution in [2.24, 2.45) is 0 Å². The van der Waals surface area contributed by atoms with E-state index in [1.54, 1.807) is 0 Å². The molecule has 0 atom stereocenters. The van der Waals surface area contributed by atoms with Crippen LogP contribution in [0.5, 0.6) is 0 Å². The third-order valence-electron chi connectivity index (χ3n) is 6.88. The molecule has 0 fully saturated rings. The van der Waals surface area contributed by atoms with Gasteiger partial charge in [0.1, 0.15) is 0 Å². The van der Waals surface area contributed by atoms with Crippen LogP contribution in [0.2, 0.25) is 0 Å². The second kappa shape index (κ2) is 9.18. The quantitative estimate of drug-likeness (QED) is 0.253. The van der Waals surface area contributed by atoms with Crippen molar-refractivity contribution in [2.45, 2.75) is 26.2 Å². The van der Waals surface area contributed by atoms with Crippen molar-refractivity contribution in [3.05, 3.63) is 126 Å². The van der Waals surface area contributed by atoms with Crippen molar-refractivity contribution in [1.29, 1.82) is 0 Å². The Balaban J connectivity index is 1.53. The summed E-state index contributed by atoms with van der Waals surface area (Å²) < 4.78 is 0. The number of para-hydroxylation sites is 1. The molecule has 0 aliphatic carbocycles. The van der Waals surface area contributed by atoms with Crippen LogP contribution in [0.4, 0.5) is 17.1 Å². The minimum atomic E-state index is 0.0610. The summed E-state index contributed by atoms with van der Waals surface area (Å²) in [4.78, 5) is 11.7. The van der Waals surface area contributed by atoms with Crippen LogP contribution < -0.4 is 4.90 Å². The van der Waals surface area contributed by atoms with Gasteiger partial charge >= 0.3 is 0 Å². The third kappa shape index (κ3) is 4.45. The summed E-state index contributed by atoms with van der Waals surface area (Å²) >= 11 is 0. The van der Waals surface area contributed by atoms with Crippen LogP contribution >= 0.6 is 0 Å². The van der Waals surface area contributed by atoms with E-state index in [4.69, 9.17) is 4.98 Å². The van der Waals surface area contributed by atoms with E-state index < -0.39 is 0 Å². The SMILES string of the molecule is CC(C)(C)c1ccnc(-c2cccc(N3c4ccccc4C=Cc4ccc(-c5ccccn5)cc43)c2)c1. The number of hydrogen-bond acceptors (Lipinski definition) is 3. The lowest BCUT2D eigenvalue weighted by Crippen LogP contribution is -2.12. The second-order valence-electron chi connectivity index (χ2n) is 10.4. The zero-order valence-corrected chi connectivity index (χ0v) is 21.4. The van der Waals surface area contributed by atoms with Crippen molar-refractivity contribution in [3.63, 3.8) is 0 Å². The Morgan fingerprint density at radius 2 is 1.32 bits per heavy atom. The zero-order chi connectivity index (χ0) is 25.4. The van der Waals surface area contributed by atoms with Gasteiger partial charge in [0.05, 0.1) is 22.8 Å². The van der Waals surface area contributed by atoms with Crippen LogP contribution in [0.25, 0.3) is 34.7 Å². The Labute approximate surface area is 218 Å². The van der Waals surface area contributed by atoms with Gasteiger partial charge in [0.25, 0.3) is 0 Å². The molecule has 3 heteroatoms. The van der Waals surface area contributed by atoms with E-state index >= 15 is 0 Å². The van der Waals surface area contributed by atoms with Gasteiger partial charge in [-0.2, -0.15) is 0 Å². The van der Waals surface area contributed by atoms with Gasteiger partial charge in [-0.1, -0.05) is 81.5 Å². The molecule has 2 aromatic heterocycles. The second-order valence-corrected chi connectivity index (χ2v) is 10.4. The van der Waals surface area contributed by atoms with E-state index in [0.717, 1.165) is 45.1 Å². The lowest BCUT2D eigenvalue weighted by Gasteiger charge is -2.28. The number of rotatable bonds is 3. The molecule has 0 amide bonds. The summed E-state index contributed by atoms with van der Waals surface area (Å²) in [6.07, 6.45) is 8.17. The van der Waals surface area contributed by atoms with Crippen LogP contribution in [0, 0.1) is 0 Å². The van der Waals surface area contributed by atoms with Gasteiger partial charge < -0.3 is 4.90 Å². The molecule has 0 bridgehead atoms. The minimum absolute atomic E-state index is 0.0610. The molecule has 0 unspecified atom stereocenters. The molecule has 0 radical (unpaired) electrons. The highest BCUT2D eigenvalue weighted by molar-refractivity contribution is 5.95. The lowest BCUT2D eigenvalue weighted by atomic mass is 9.87. The van der Waals surface area contributed by atoms with Crippen molar-refractivity contribution < 1.29 is 0 Å². The Kier molecular flexibility index (Phi) is 5.69. The number of nitrogens with zero attached hydrogens (tertiary/aromatic N) is 3. The van der Waals surface area contributed by atoms with Gasteiger partial charge in [-0.25, -0.2) is 0 Å². The van der Waals surface area contributed by atoms with Gasteiger partial charge in [-0.05, 0) is 70.6 Å². The average Bonchev–Trinajstić information content (AvgIpc) is 3.10. The van der Waals surface area contributed by atoms with Crippen molar-refractivity contribution in [1.82, 2.24) is 9.97 Å². The first-order valence-electron chi connectivity index (χ1n) is 12.7. The smallest absolute Gasteiger partial charge is 0.0705 e. The zero-order valence-electron chi connectivity index (χ0n) is 21.4. The number of anilines is 3. The Morgan fingerprint density at radius 1 is 0.568 bits per heavy atom.